The van der Waals surface area contributed by atoms with Gasteiger partial charge in [-0.15, -0.1) is 0 Å². The Morgan fingerprint density at radius 3 is 2.57 bits per heavy atom. The smallest absolute Gasteiger partial charge is 0.260 e. The number of hydrogen-bond acceptors (Lipinski definition) is 2. The quantitative estimate of drug-likeness (QED) is 0.885. The van der Waals surface area contributed by atoms with E-state index in [4.69, 9.17) is 4.74 Å². The van der Waals surface area contributed by atoms with Crippen LogP contribution in [0.2, 0.25) is 0 Å². The molecule has 1 amide bonds. The first-order valence-electron chi connectivity index (χ1n) is 7.72. The summed E-state index contributed by atoms with van der Waals surface area (Å²) in [5.74, 6) is 0.313. The van der Waals surface area contributed by atoms with Gasteiger partial charge in [-0.05, 0) is 62.1 Å². The molecule has 2 aromatic rings. The van der Waals surface area contributed by atoms with Gasteiger partial charge in [0, 0.05) is 6.54 Å². The van der Waals surface area contributed by atoms with Crippen LogP contribution in [0.5, 0.6) is 5.75 Å². The van der Waals surface area contributed by atoms with E-state index in [0.717, 1.165) is 22.4 Å². The molecule has 0 spiro atoms. The van der Waals surface area contributed by atoms with E-state index in [1.807, 2.05) is 32.0 Å². The lowest BCUT2D eigenvalue weighted by Crippen LogP contribution is -2.37. The standard InChI is InChI=1S/C19H22FNO2/c1-13-5-4-6-18(14(13)2)23-15(3)19(22)21-12-11-16-7-9-17(20)10-8-16/h4-10,15H,11-12H2,1-3H3,(H,21,22)/t15-/m1/s1. The number of ether oxygens (including phenoxy) is 1. The molecule has 122 valence electrons. The summed E-state index contributed by atoms with van der Waals surface area (Å²) >= 11 is 0. The van der Waals surface area contributed by atoms with Gasteiger partial charge in [0.15, 0.2) is 6.10 Å². The van der Waals surface area contributed by atoms with Gasteiger partial charge in [-0.25, -0.2) is 4.39 Å². The van der Waals surface area contributed by atoms with Gasteiger partial charge in [0.2, 0.25) is 0 Å². The van der Waals surface area contributed by atoms with Crippen molar-refractivity contribution >= 4 is 5.91 Å². The Morgan fingerprint density at radius 2 is 1.87 bits per heavy atom. The SMILES string of the molecule is Cc1cccc(O[C@H](C)C(=O)NCCc2ccc(F)cc2)c1C. The Morgan fingerprint density at radius 1 is 1.17 bits per heavy atom. The third-order valence-corrected chi connectivity index (χ3v) is 3.85. The highest BCUT2D eigenvalue weighted by molar-refractivity contribution is 5.80. The summed E-state index contributed by atoms with van der Waals surface area (Å²) in [5, 5.41) is 2.84. The van der Waals surface area contributed by atoms with E-state index >= 15 is 0 Å². The van der Waals surface area contributed by atoms with Crippen LogP contribution in [0.3, 0.4) is 0 Å². The van der Waals surface area contributed by atoms with E-state index in [-0.39, 0.29) is 11.7 Å². The Hall–Kier alpha value is -2.36. The van der Waals surface area contributed by atoms with Crippen LogP contribution in [0.1, 0.15) is 23.6 Å². The van der Waals surface area contributed by atoms with Crippen LogP contribution >= 0.6 is 0 Å². The Labute approximate surface area is 136 Å². The third kappa shape index (κ3) is 4.81. The van der Waals surface area contributed by atoms with E-state index in [1.165, 1.54) is 12.1 Å². The predicted molar refractivity (Wildman–Crippen MR) is 89.1 cm³/mol. The maximum absolute atomic E-state index is 12.8. The minimum absolute atomic E-state index is 0.159. The van der Waals surface area contributed by atoms with Crippen LogP contribution in [0.4, 0.5) is 4.39 Å². The van der Waals surface area contributed by atoms with Crippen LogP contribution in [0.25, 0.3) is 0 Å². The second-order valence-electron chi connectivity index (χ2n) is 5.63. The summed E-state index contributed by atoms with van der Waals surface area (Å²) < 4.78 is 18.6. The molecule has 4 heteroatoms. The number of nitrogens with one attached hydrogen (secondary N) is 1. The van der Waals surface area contributed by atoms with Crippen LogP contribution in [0, 0.1) is 19.7 Å². The number of carbonyl (C=O) groups excluding carboxylic acids is 1. The van der Waals surface area contributed by atoms with Crippen molar-refractivity contribution in [3.05, 3.63) is 65.0 Å². The molecule has 0 radical (unpaired) electrons. The number of rotatable bonds is 6. The van der Waals surface area contributed by atoms with Crippen LogP contribution in [-0.2, 0) is 11.2 Å². The molecule has 23 heavy (non-hydrogen) atoms. The highest BCUT2D eigenvalue weighted by Crippen LogP contribution is 2.21. The molecule has 2 rings (SSSR count). The van der Waals surface area contributed by atoms with Gasteiger partial charge in [-0.2, -0.15) is 0 Å². The van der Waals surface area contributed by atoms with Gasteiger partial charge < -0.3 is 10.1 Å². The molecule has 0 fully saturated rings. The number of halogens is 1. The zero-order chi connectivity index (χ0) is 16.8. The van der Waals surface area contributed by atoms with Crippen molar-refractivity contribution in [3.8, 4) is 5.75 Å². The molecule has 0 aliphatic carbocycles. The van der Waals surface area contributed by atoms with E-state index in [9.17, 15) is 9.18 Å². The van der Waals surface area contributed by atoms with Crippen LogP contribution < -0.4 is 10.1 Å². The van der Waals surface area contributed by atoms with Crippen molar-refractivity contribution in [2.45, 2.75) is 33.3 Å². The Kier molecular flexibility index (Phi) is 5.74. The van der Waals surface area contributed by atoms with Crippen molar-refractivity contribution in [1.29, 1.82) is 0 Å². The molecule has 0 unspecified atom stereocenters. The largest absolute Gasteiger partial charge is 0.481 e. The lowest BCUT2D eigenvalue weighted by molar-refractivity contribution is -0.127. The highest BCUT2D eigenvalue weighted by Gasteiger charge is 2.15. The average molecular weight is 315 g/mol. The fraction of sp³-hybridized carbons (Fsp3) is 0.316. The molecule has 3 nitrogen and oxygen atoms in total. The molecule has 0 saturated heterocycles. The maximum atomic E-state index is 12.8. The normalized spacial score (nSPS) is 11.8. The fourth-order valence-electron chi connectivity index (χ4n) is 2.22. The number of amides is 1. The molecule has 1 N–H and O–H groups in total. The lowest BCUT2D eigenvalue weighted by atomic mass is 10.1. The molecule has 2 aromatic carbocycles. The molecule has 1 atom stereocenters. The van der Waals surface area contributed by atoms with Gasteiger partial charge in [0.25, 0.3) is 5.91 Å². The average Bonchev–Trinajstić information content (AvgIpc) is 2.53. The van der Waals surface area contributed by atoms with Crippen molar-refractivity contribution < 1.29 is 13.9 Å². The number of hydrogen-bond donors (Lipinski definition) is 1. The number of benzene rings is 2. The number of aryl methyl sites for hydroxylation is 1. The second-order valence-corrected chi connectivity index (χ2v) is 5.63. The van der Waals surface area contributed by atoms with Gasteiger partial charge in [-0.1, -0.05) is 24.3 Å². The van der Waals surface area contributed by atoms with Crippen molar-refractivity contribution in [2.24, 2.45) is 0 Å². The molecular formula is C19H22FNO2. The first kappa shape index (κ1) is 17.0. The summed E-state index contributed by atoms with van der Waals surface area (Å²) in [6.45, 7) is 6.21. The highest BCUT2D eigenvalue weighted by atomic mass is 19.1. The molecular weight excluding hydrogens is 293 g/mol. The van der Waals surface area contributed by atoms with E-state index in [1.54, 1.807) is 19.1 Å². The fourth-order valence-corrected chi connectivity index (χ4v) is 2.22. The Balaban J connectivity index is 1.83. The van der Waals surface area contributed by atoms with E-state index in [0.29, 0.717) is 13.0 Å². The molecule has 0 aromatic heterocycles. The topological polar surface area (TPSA) is 38.3 Å². The minimum atomic E-state index is -0.566. The third-order valence-electron chi connectivity index (χ3n) is 3.85. The summed E-state index contributed by atoms with van der Waals surface area (Å²) in [5.41, 5.74) is 3.15. The molecule has 0 aliphatic heterocycles. The summed E-state index contributed by atoms with van der Waals surface area (Å²) in [4.78, 5) is 12.1. The minimum Gasteiger partial charge on any atom is -0.481 e. The van der Waals surface area contributed by atoms with Crippen molar-refractivity contribution in [2.75, 3.05) is 6.54 Å². The summed E-state index contributed by atoms with van der Waals surface area (Å²) in [7, 11) is 0. The van der Waals surface area contributed by atoms with Gasteiger partial charge in [-0.3, -0.25) is 4.79 Å². The molecule has 0 aliphatic rings. The van der Waals surface area contributed by atoms with Gasteiger partial charge in [0.1, 0.15) is 11.6 Å². The zero-order valence-corrected chi connectivity index (χ0v) is 13.7. The monoisotopic (exact) mass is 315 g/mol. The predicted octanol–water partition coefficient (Wildman–Crippen LogP) is 3.57. The van der Waals surface area contributed by atoms with Crippen molar-refractivity contribution in [3.63, 3.8) is 0 Å². The van der Waals surface area contributed by atoms with Gasteiger partial charge in [0.05, 0.1) is 0 Å². The van der Waals surface area contributed by atoms with Crippen LogP contribution in [0.15, 0.2) is 42.5 Å². The second kappa shape index (κ2) is 7.77. The van der Waals surface area contributed by atoms with E-state index < -0.39 is 6.10 Å². The molecule has 0 bridgehead atoms. The Bertz CT molecular complexity index is 668. The molecule has 0 saturated carbocycles. The zero-order valence-electron chi connectivity index (χ0n) is 13.7. The molecule has 0 heterocycles. The van der Waals surface area contributed by atoms with Gasteiger partial charge >= 0.3 is 0 Å². The first-order valence-corrected chi connectivity index (χ1v) is 7.72. The first-order chi connectivity index (χ1) is 11.0. The van der Waals surface area contributed by atoms with Crippen molar-refractivity contribution in [1.82, 2.24) is 5.32 Å². The lowest BCUT2D eigenvalue weighted by Gasteiger charge is -2.17. The summed E-state index contributed by atoms with van der Waals surface area (Å²) in [6, 6.07) is 12.1. The summed E-state index contributed by atoms with van der Waals surface area (Å²) in [6.07, 6.45) is 0.0890. The van der Waals surface area contributed by atoms with E-state index in [2.05, 4.69) is 5.32 Å². The van der Waals surface area contributed by atoms with Crippen LogP contribution in [-0.4, -0.2) is 18.6 Å². The number of carbonyl (C=O) groups is 1. The maximum Gasteiger partial charge on any atom is 0.260 e.